The third kappa shape index (κ3) is 5.30. The molecule has 0 bridgehead atoms. The first-order valence-corrected chi connectivity index (χ1v) is 7.27. The molecule has 1 unspecified atom stereocenters. The third-order valence-electron chi connectivity index (χ3n) is 2.98. The van der Waals surface area contributed by atoms with E-state index < -0.39 is 0 Å². The molecule has 1 aliphatic rings. The Morgan fingerprint density at radius 3 is 2.88 bits per heavy atom. The fourth-order valence-corrected chi connectivity index (χ4v) is 2.30. The Balaban J connectivity index is 2.09. The Morgan fingerprint density at radius 2 is 2.25 bits per heavy atom. The Hall–Kier alpha value is -0.0900. The lowest BCUT2D eigenvalue weighted by Crippen LogP contribution is -2.30. The molecule has 1 amide bonds. The molecular formula is C12H22BrNO2. The second-order valence-corrected chi connectivity index (χ2v) is 5.20. The summed E-state index contributed by atoms with van der Waals surface area (Å²) in [6, 6.07) is 0. The van der Waals surface area contributed by atoms with E-state index in [1.165, 1.54) is 12.8 Å². The van der Waals surface area contributed by atoms with Crippen molar-refractivity contribution < 1.29 is 9.53 Å². The summed E-state index contributed by atoms with van der Waals surface area (Å²) in [4.78, 5) is 13.6. The highest BCUT2D eigenvalue weighted by molar-refractivity contribution is 9.09. The molecule has 0 saturated carbocycles. The van der Waals surface area contributed by atoms with E-state index >= 15 is 0 Å². The second-order valence-electron chi connectivity index (χ2n) is 4.40. The van der Waals surface area contributed by atoms with Gasteiger partial charge in [0.05, 0.1) is 12.5 Å². The molecule has 0 N–H and O–H groups in total. The van der Waals surface area contributed by atoms with Gasteiger partial charge in [0.1, 0.15) is 0 Å². The van der Waals surface area contributed by atoms with Crippen molar-refractivity contribution in [3.63, 3.8) is 0 Å². The van der Waals surface area contributed by atoms with Crippen LogP contribution >= 0.6 is 15.9 Å². The Labute approximate surface area is 107 Å². The summed E-state index contributed by atoms with van der Waals surface area (Å²) < 4.78 is 5.46. The highest BCUT2D eigenvalue weighted by atomic mass is 79.9. The number of unbranched alkanes of at least 4 members (excludes halogenated alkanes) is 2. The van der Waals surface area contributed by atoms with E-state index in [4.69, 9.17) is 4.74 Å². The van der Waals surface area contributed by atoms with Gasteiger partial charge in [-0.15, -0.1) is 0 Å². The number of amides is 1. The van der Waals surface area contributed by atoms with E-state index in [9.17, 15) is 4.79 Å². The van der Waals surface area contributed by atoms with Gasteiger partial charge in [-0.05, 0) is 25.7 Å². The number of carbonyl (C=O) groups is 1. The topological polar surface area (TPSA) is 29.5 Å². The van der Waals surface area contributed by atoms with Gasteiger partial charge in [0.2, 0.25) is 5.91 Å². The highest BCUT2D eigenvalue weighted by Gasteiger charge is 2.20. The summed E-state index contributed by atoms with van der Waals surface area (Å²) in [5.41, 5.74) is 0. The number of alkyl halides is 1. The third-order valence-corrected chi connectivity index (χ3v) is 3.54. The van der Waals surface area contributed by atoms with Gasteiger partial charge < -0.3 is 9.64 Å². The van der Waals surface area contributed by atoms with Gasteiger partial charge in [-0.1, -0.05) is 22.4 Å². The maximum absolute atomic E-state index is 11.8. The van der Waals surface area contributed by atoms with E-state index in [1.807, 2.05) is 11.9 Å². The molecule has 0 aliphatic carbocycles. The monoisotopic (exact) mass is 291 g/mol. The van der Waals surface area contributed by atoms with Crippen molar-refractivity contribution in [3.05, 3.63) is 0 Å². The number of hydrogen-bond donors (Lipinski definition) is 0. The van der Waals surface area contributed by atoms with Gasteiger partial charge in [-0.25, -0.2) is 0 Å². The van der Waals surface area contributed by atoms with Gasteiger partial charge in [-0.3, -0.25) is 4.79 Å². The van der Waals surface area contributed by atoms with Crippen LogP contribution in [0, 0.1) is 0 Å². The van der Waals surface area contributed by atoms with Gasteiger partial charge in [0, 0.05) is 25.5 Å². The van der Waals surface area contributed by atoms with E-state index in [0.29, 0.717) is 6.42 Å². The molecule has 1 heterocycles. The fourth-order valence-electron chi connectivity index (χ4n) is 1.90. The van der Waals surface area contributed by atoms with Crippen LogP contribution < -0.4 is 0 Å². The predicted octanol–water partition coefficient (Wildman–Crippen LogP) is 2.58. The smallest absolute Gasteiger partial charge is 0.224 e. The van der Waals surface area contributed by atoms with Gasteiger partial charge in [0.25, 0.3) is 0 Å². The molecule has 0 radical (unpaired) electrons. The van der Waals surface area contributed by atoms with Crippen LogP contribution in [0.2, 0.25) is 0 Å². The quantitative estimate of drug-likeness (QED) is 0.533. The lowest BCUT2D eigenvalue weighted by atomic mass is 10.1. The van der Waals surface area contributed by atoms with Crippen LogP contribution in [0.15, 0.2) is 0 Å². The lowest BCUT2D eigenvalue weighted by molar-refractivity contribution is -0.132. The summed E-state index contributed by atoms with van der Waals surface area (Å²) in [5, 5.41) is 1.06. The minimum atomic E-state index is 0.178. The summed E-state index contributed by atoms with van der Waals surface area (Å²) in [6.45, 7) is 1.70. The number of hydrogen-bond acceptors (Lipinski definition) is 2. The van der Waals surface area contributed by atoms with Crippen molar-refractivity contribution in [2.45, 2.75) is 44.6 Å². The molecule has 94 valence electrons. The van der Waals surface area contributed by atoms with Gasteiger partial charge in [0.15, 0.2) is 0 Å². The van der Waals surface area contributed by atoms with Crippen LogP contribution in [-0.2, 0) is 9.53 Å². The molecule has 1 atom stereocenters. The standard InChI is InChI=1S/C12H22BrNO2/c1-14(8-4-2-3-7-13)12(15)10-11-6-5-9-16-11/h11H,2-10H2,1H3. The zero-order chi connectivity index (χ0) is 11.8. The zero-order valence-electron chi connectivity index (χ0n) is 10.1. The zero-order valence-corrected chi connectivity index (χ0v) is 11.7. The van der Waals surface area contributed by atoms with E-state index in [0.717, 1.165) is 37.7 Å². The van der Waals surface area contributed by atoms with Crippen molar-refractivity contribution >= 4 is 21.8 Å². The highest BCUT2D eigenvalue weighted by Crippen LogP contribution is 2.16. The molecule has 1 saturated heterocycles. The molecule has 0 aromatic rings. The van der Waals surface area contributed by atoms with Crippen LogP contribution in [0.5, 0.6) is 0 Å². The van der Waals surface area contributed by atoms with Crippen molar-refractivity contribution in [2.75, 3.05) is 25.5 Å². The largest absolute Gasteiger partial charge is 0.378 e. The number of rotatable bonds is 7. The van der Waals surface area contributed by atoms with Gasteiger partial charge in [-0.2, -0.15) is 0 Å². The maximum Gasteiger partial charge on any atom is 0.224 e. The molecule has 1 fully saturated rings. The van der Waals surface area contributed by atoms with Crippen molar-refractivity contribution in [1.29, 1.82) is 0 Å². The number of halogens is 1. The molecule has 0 aromatic heterocycles. The molecule has 3 nitrogen and oxygen atoms in total. The predicted molar refractivity (Wildman–Crippen MR) is 68.9 cm³/mol. The van der Waals surface area contributed by atoms with E-state index in [1.54, 1.807) is 0 Å². The first-order chi connectivity index (χ1) is 7.74. The fraction of sp³-hybridized carbons (Fsp3) is 0.917. The molecular weight excluding hydrogens is 270 g/mol. The molecule has 16 heavy (non-hydrogen) atoms. The molecule has 1 aliphatic heterocycles. The normalized spacial score (nSPS) is 20.0. The molecule has 4 heteroatoms. The van der Waals surface area contributed by atoms with Crippen molar-refractivity contribution in [1.82, 2.24) is 4.90 Å². The van der Waals surface area contributed by atoms with E-state index in [2.05, 4.69) is 15.9 Å². The van der Waals surface area contributed by atoms with Crippen LogP contribution in [-0.4, -0.2) is 42.4 Å². The maximum atomic E-state index is 11.8. The number of ether oxygens (including phenoxy) is 1. The van der Waals surface area contributed by atoms with Crippen LogP contribution in [0.25, 0.3) is 0 Å². The average molecular weight is 292 g/mol. The van der Waals surface area contributed by atoms with Gasteiger partial charge >= 0.3 is 0 Å². The average Bonchev–Trinajstić information content (AvgIpc) is 2.76. The lowest BCUT2D eigenvalue weighted by Gasteiger charge is -2.19. The Kier molecular flexibility index (Phi) is 7.05. The number of carbonyl (C=O) groups excluding carboxylic acids is 1. The van der Waals surface area contributed by atoms with Crippen molar-refractivity contribution in [3.8, 4) is 0 Å². The first kappa shape index (κ1) is 14.0. The van der Waals surface area contributed by atoms with Crippen LogP contribution in [0.3, 0.4) is 0 Å². The van der Waals surface area contributed by atoms with Crippen LogP contribution in [0.1, 0.15) is 38.5 Å². The molecule has 1 rings (SSSR count). The Morgan fingerprint density at radius 1 is 1.44 bits per heavy atom. The number of nitrogens with zero attached hydrogens (tertiary/aromatic N) is 1. The molecule has 0 aromatic carbocycles. The first-order valence-electron chi connectivity index (χ1n) is 6.15. The summed E-state index contributed by atoms with van der Waals surface area (Å²) >= 11 is 3.41. The molecule has 0 spiro atoms. The van der Waals surface area contributed by atoms with Crippen LogP contribution in [0.4, 0.5) is 0 Å². The minimum Gasteiger partial charge on any atom is -0.378 e. The van der Waals surface area contributed by atoms with Crippen molar-refractivity contribution in [2.24, 2.45) is 0 Å². The second kappa shape index (κ2) is 8.07. The Bertz CT molecular complexity index is 205. The SMILES string of the molecule is CN(CCCCCBr)C(=O)CC1CCCO1. The summed E-state index contributed by atoms with van der Waals surface area (Å²) in [5.74, 6) is 0.228. The summed E-state index contributed by atoms with van der Waals surface area (Å²) in [6.07, 6.45) is 6.36. The minimum absolute atomic E-state index is 0.178. The summed E-state index contributed by atoms with van der Waals surface area (Å²) in [7, 11) is 1.89. The van der Waals surface area contributed by atoms with E-state index in [-0.39, 0.29) is 12.0 Å².